The van der Waals surface area contributed by atoms with E-state index in [1.807, 2.05) is 18.2 Å². The number of amidine groups is 1. The molecule has 0 saturated carbocycles. The number of hydrazine groups is 1. The first kappa shape index (κ1) is 8.53. The first-order chi connectivity index (χ1) is 6.31. The van der Waals surface area contributed by atoms with Crippen LogP contribution in [0.25, 0.3) is 0 Å². The van der Waals surface area contributed by atoms with E-state index in [1.54, 1.807) is 0 Å². The van der Waals surface area contributed by atoms with Gasteiger partial charge in [-0.05, 0) is 18.1 Å². The molecule has 68 valence electrons. The molecule has 0 bridgehead atoms. The van der Waals surface area contributed by atoms with Crippen LogP contribution in [0.15, 0.2) is 23.2 Å². The van der Waals surface area contributed by atoms with E-state index >= 15 is 0 Å². The lowest BCUT2D eigenvalue weighted by atomic mass is 10.0. The molecule has 0 saturated heterocycles. The number of rotatable bonds is 0. The van der Waals surface area contributed by atoms with Crippen LogP contribution in [-0.2, 0) is 6.42 Å². The molecule has 0 spiro atoms. The fraction of sp³-hybridized carbons (Fsp3) is 0.222. The highest BCUT2D eigenvalue weighted by molar-refractivity contribution is 6.33. The maximum absolute atomic E-state index is 5.99. The second-order valence-corrected chi connectivity index (χ2v) is 3.36. The van der Waals surface area contributed by atoms with Gasteiger partial charge >= 0.3 is 0 Å². The lowest BCUT2D eigenvalue weighted by molar-refractivity contribution is 0.907. The van der Waals surface area contributed by atoms with Gasteiger partial charge in [0.25, 0.3) is 0 Å². The van der Waals surface area contributed by atoms with Crippen LogP contribution in [-0.4, -0.2) is 5.84 Å². The van der Waals surface area contributed by atoms with Crippen molar-refractivity contribution in [2.75, 3.05) is 0 Å². The van der Waals surface area contributed by atoms with Crippen LogP contribution in [0.3, 0.4) is 0 Å². The number of nitrogens with zero attached hydrogens (tertiary/aromatic N) is 1. The molecule has 4 heteroatoms. The Hall–Kier alpha value is -1.06. The van der Waals surface area contributed by atoms with Crippen molar-refractivity contribution in [2.24, 2.45) is 10.8 Å². The number of nitrogens with two attached hydrogens (primary N) is 1. The highest BCUT2D eigenvalue weighted by Gasteiger charge is 2.12. The number of para-hydroxylation sites is 1. The predicted molar refractivity (Wildman–Crippen MR) is 54.2 cm³/mol. The maximum Gasteiger partial charge on any atom is 0.117 e. The van der Waals surface area contributed by atoms with Crippen molar-refractivity contribution in [1.82, 2.24) is 5.43 Å². The maximum atomic E-state index is 5.99. The molecule has 1 aliphatic rings. The number of halogens is 1. The van der Waals surface area contributed by atoms with E-state index < -0.39 is 0 Å². The van der Waals surface area contributed by atoms with E-state index in [2.05, 4.69) is 10.4 Å². The third-order valence-electron chi connectivity index (χ3n) is 2.11. The van der Waals surface area contributed by atoms with Gasteiger partial charge in [0.15, 0.2) is 0 Å². The smallest absolute Gasteiger partial charge is 0.117 e. The molecule has 0 radical (unpaired) electrons. The fourth-order valence-corrected chi connectivity index (χ4v) is 1.67. The average Bonchev–Trinajstić information content (AvgIpc) is 2.18. The Kier molecular flexibility index (Phi) is 2.20. The van der Waals surface area contributed by atoms with Gasteiger partial charge < -0.3 is 5.43 Å². The van der Waals surface area contributed by atoms with Gasteiger partial charge in [-0.25, -0.2) is 10.8 Å². The molecular formula is C9H10ClN3. The highest BCUT2D eigenvalue weighted by atomic mass is 35.5. The molecule has 2 rings (SSSR count). The van der Waals surface area contributed by atoms with Crippen LogP contribution in [0, 0.1) is 0 Å². The zero-order valence-electron chi connectivity index (χ0n) is 7.05. The molecule has 0 aliphatic carbocycles. The molecule has 1 aliphatic heterocycles. The summed E-state index contributed by atoms with van der Waals surface area (Å²) >= 11 is 5.99. The van der Waals surface area contributed by atoms with Gasteiger partial charge in [0.1, 0.15) is 5.84 Å². The predicted octanol–water partition coefficient (Wildman–Crippen LogP) is 1.78. The first-order valence-electron chi connectivity index (χ1n) is 4.13. The number of benzene rings is 1. The minimum absolute atomic E-state index is 0.685. The summed E-state index contributed by atoms with van der Waals surface area (Å²) in [5.74, 6) is 6.08. The number of aliphatic imine (C=N–C) groups is 1. The van der Waals surface area contributed by atoms with Gasteiger partial charge in [-0.15, -0.1) is 0 Å². The summed E-state index contributed by atoms with van der Waals surface area (Å²) in [6.07, 6.45) is 1.79. The first-order valence-corrected chi connectivity index (χ1v) is 4.50. The van der Waals surface area contributed by atoms with Crippen molar-refractivity contribution in [2.45, 2.75) is 12.8 Å². The number of hydrogen-bond acceptors (Lipinski definition) is 3. The molecule has 1 aromatic carbocycles. The van der Waals surface area contributed by atoms with Gasteiger partial charge in [0.05, 0.1) is 10.7 Å². The van der Waals surface area contributed by atoms with Gasteiger partial charge in [-0.2, -0.15) is 0 Å². The largest absolute Gasteiger partial charge is 0.312 e. The van der Waals surface area contributed by atoms with Crippen LogP contribution < -0.4 is 11.3 Å². The van der Waals surface area contributed by atoms with E-state index in [4.69, 9.17) is 17.4 Å². The quantitative estimate of drug-likeness (QED) is 0.490. The van der Waals surface area contributed by atoms with Gasteiger partial charge in [-0.3, -0.25) is 0 Å². The molecule has 0 fully saturated rings. The lowest BCUT2D eigenvalue weighted by Crippen LogP contribution is -2.31. The van der Waals surface area contributed by atoms with E-state index in [1.165, 1.54) is 5.56 Å². The monoisotopic (exact) mass is 195 g/mol. The third kappa shape index (κ3) is 1.53. The standard InChI is InChI=1S/C9H10ClN3/c10-7-3-1-2-6-4-5-8(13-11)12-9(6)7/h1-3H,4-5,11H2,(H,12,13). The number of nitrogens with one attached hydrogen (secondary N) is 1. The van der Waals surface area contributed by atoms with Crippen molar-refractivity contribution in [3.05, 3.63) is 28.8 Å². The van der Waals surface area contributed by atoms with Gasteiger partial charge in [0, 0.05) is 6.42 Å². The fourth-order valence-electron chi connectivity index (χ4n) is 1.44. The Morgan fingerprint density at radius 1 is 1.38 bits per heavy atom. The van der Waals surface area contributed by atoms with Crippen molar-refractivity contribution in [3.63, 3.8) is 0 Å². The molecule has 3 N–H and O–H groups in total. The van der Waals surface area contributed by atoms with Crippen LogP contribution in [0.4, 0.5) is 5.69 Å². The molecule has 1 aromatic rings. The van der Waals surface area contributed by atoms with E-state index in [-0.39, 0.29) is 0 Å². The molecule has 0 atom stereocenters. The molecule has 3 nitrogen and oxygen atoms in total. The lowest BCUT2D eigenvalue weighted by Gasteiger charge is -2.15. The average molecular weight is 196 g/mol. The zero-order valence-corrected chi connectivity index (χ0v) is 7.80. The third-order valence-corrected chi connectivity index (χ3v) is 2.42. The van der Waals surface area contributed by atoms with E-state index in [0.29, 0.717) is 5.02 Å². The Labute approximate surface area is 81.6 Å². The van der Waals surface area contributed by atoms with Gasteiger partial charge in [-0.1, -0.05) is 23.7 Å². The summed E-state index contributed by atoms with van der Waals surface area (Å²) in [6, 6.07) is 5.82. The molecule has 0 amide bonds. The molecule has 0 aromatic heterocycles. The number of fused-ring (bicyclic) bond motifs is 1. The van der Waals surface area contributed by atoms with E-state index in [0.717, 1.165) is 24.4 Å². The van der Waals surface area contributed by atoms with Crippen molar-refractivity contribution < 1.29 is 0 Å². The topological polar surface area (TPSA) is 50.4 Å². The molecular weight excluding hydrogens is 186 g/mol. The Morgan fingerprint density at radius 3 is 3.00 bits per heavy atom. The highest BCUT2D eigenvalue weighted by Crippen LogP contribution is 2.32. The Morgan fingerprint density at radius 2 is 2.23 bits per heavy atom. The van der Waals surface area contributed by atoms with Crippen LogP contribution >= 0.6 is 11.6 Å². The Bertz CT molecular complexity index is 360. The summed E-state index contributed by atoms with van der Waals surface area (Å²) in [7, 11) is 0. The Balaban J connectivity index is 2.49. The van der Waals surface area contributed by atoms with E-state index in [9.17, 15) is 0 Å². The summed E-state index contributed by atoms with van der Waals surface area (Å²) in [5.41, 5.74) is 4.60. The number of aryl methyl sites for hydroxylation is 1. The van der Waals surface area contributed by atoms with Gasteiger partial charge in [0.2, 0.25) is 0 Å². The summed E-state index contributed by atoms with van der Waals surface area (Å²) in [6.45, 7) is 0. The molecule has 0 unspecified atom stereocenters. The minimum atomic E-state index is 0.685. The van der Waals surface area contributed by atoms with Crippen molar-refractivity contribution in [3.8, 4) is 0 Å². The van der Waals surface area contributed by atoms with Crippen molar-refractivity contribution in [1.29, 1.82) is 0 Å². The second-order valence-electron chi connectivity index (χ2n) is 2.95. The summed E-state index contributed by atoms with van der Waals surface area (Å²) in [4.78, 5) is 4.31. The van der Waals surface area contributed by atoms with Crippen LogP contribution in [0.5, 0.6) is 0 Å². The normalized spacial score (nSPS) is 14.8. The number of hydrogen-bond donors (Lipinski definition) is 2. The zero-order chi connectivity index (χ0) is 9.26. The second kappa shape index (κ2) is 3.36. The van der Waals surface area contributed by atoms with Crippen molar-refractivity contribution >= 4 is 23.1 Å². The SMILES string of the molecule is NNC1=Nc2c(Cl)cccc2CC1. The summed E-state index contributed by atoms with van der Waals surface area (Å²) < 4.78 is 0. The molecule has 1 heterocycles. The summed E-state index contributed by atoms with van der Waals surface area (Å²) in [5, 5.41) is 0.685. The van der Waals surface area contributed by atoms with Crippen LogP contribution in [0.2, 0.25) is 5.02 Å². The molecule has 13 heavy (non-hydrogen) atoms. The minimum Gasteiger partial charge on any atom is -0.312 e. The van der Waals surface area contributed by atoms with Crippen LogP contribution in [0.1, 0.15) is 12.0 Å².